The molecule has 29 heteroatoms. The number of amides is 12. The fourth-order valence-electron chi connectivity index (χ4n) is 16.3. The predicted octanol–water partition coefficient (Wildman–Crippen LogP) is 10.2. The van der Waals surface area contributed by atoms with E-state index in [9.17, 15) is 14.4 Å². The summed E-state index contributed by atoms with van der Waals surface area (Å²) in [6, 6.07) is 67.5. The van der Waals surface area contributed by atoms with Gasteiger partial charge in [0, 0.05) is 32.2 Å². The van der Waals surface area contributed by atoms with Crippen LogP contribution in [-0.4, -0.2) is 256 Å². The minimum absolute atomic E-state index is 0.00700. The van der Waals surface area contributed by atoms with Gasteiger partial charge in [-0.25, -0.2) is 0 Å². The van der Waals surface area contributed by atoms with Gasteiger partial charge in [0.2, 0.25) is 70.9 Å². The highest BCUT2D eigenvalue weighted by molar-refractivity contribution is 5.96. The van der Waals surface area contributed by atoms with Crippen molar-refractivity contribution in [3.8, 4) is 0 Å². The van der Waals surface area contributed by atoms with E-state index in [0.717, 1.165) is 11.1 Å². The van der Waals surface area contributed by atoms with Crippen molar-refractivity contribution in [1.82, 2.24) is 59.2 Å². The second kappa shape index (κ2) is 55.5. The van der Waals surface area contributed by atoms with E-state index in [-0.39, 0.29) is 64.3 Å². The van der Waals surface area contributed by atoms with Gasteiger partial charge in [-0.3, -0.25) is 57.5 Å². The van der Waals surface area contributed by atoms with E-state index < -0.39 is 173 Å². The van der Waals surface area contributed by atoms with Crippen LogP contribution >= 0.6 is 0 Å². The second-order valence-corrected chi connectivity index (χ2v) is 34.0. The molecule has 0 aliphatic rings. The van der Waals surface area contributed by atoms with Crippen molar-refractivity contribution >= 4 is 70.9 Å². The van der Waals surface area contributed by atoms with Crippen molar-refractivity contribution in [2.24, 2.45) is 28.7 Å². The number of nitrogens with zero attached hydrogens (tertiary/aromatic N) is 11. The molecule has 29 nitrogen and oxygen atoms in total. The van der Waals surface area contributed by atoms with Gasteiger partial charge < -0.3 is 87.9 Å². The Hall–Kier alpha value is -12.8. The molecule has 0 unspecified atom stereocenters. The average molecular weight is 1820 g/mol. The predicted molar refractivity (Wildman–Crippen MR) is 518 cm³/mol. The third-order valence-corrected chi connectivity index (χ3v) is 24.8. The molecule has 0 aromatic heterocycles. The summed E-state index contributed by atoms with van der Waals surface area (Å²) in [5, 5.41) is 3.31. The molecule has 0 saturated heterocycles. The van der Waals surface area contributed by atoms with Gasteiger partial charge in [0.15, 0.2) is 0 Å². The molecule has 0 fully saturated rings. The van der Waals surface area contributed by atoms with E-state index in [1.54, 1.807) is 90.1 Å². The van der Waals surface area contributed by atoms with E-state index >= 15 is 43.2 Å². The molecule has 133 heavy (non-hydrogen) atoms. The monoisotopic (exact) mass is 1820 g/mol. The SMILES string of the molecule is C[C@H](NCC(=O)N(CCCCN)CC(=O)N(CC(=O)N(CC(=O)N(CCCCN)CC(=O)N(CC(=O)N(CC(=O)N(CCCCN)CC(=O)N(CC(=O)N(CC(=O)N(CCCCN)CC(=O)N(CC(N)=O)[C@@H](C)c1ccccc1)[C@@H](C)c1ccccc1)[C@@H](C)c1ccccc1)[C@@H](C)c1ccccc1)[C@@H](C)c1ccccc1)[C@@H](C)c1ccccc1)[C@@H](C)c1ccccc1)c1ccccc1. The lowest BCUT2D eigenvalue weighted by Crippen LogP contribution is -2.54. The lowest BCUT2D eigenvalue weighted by molar-refractivity contribution is -0.152. The second-order valence-electron chi connectivity index (χ2n) is 34.0. The fourth-order valence-corrected chi connectivity index (χ4v) is 16.3. The first-order valence-corrected chi connectivity index (χ1v) is 46.5. The first-order chi connectivity index (χ1) is 64.1. The largest absolute Gasteiger partial charge is 0.368 e. The van der Waals surface area contributed by atoms with Crippen molar-refractivity contribution in [2.75, 3.05) is 131 Å². The topological polar surface area (TPSA) is 383 Å². The summed E-state index contributed by atoms with van der Waals surface area (Å²) in [6.07, 6.45) is 3.51. The molecule has 8 atom stereocenters. The Morgan fingerprint density at radius 3 is 0.571 bits per heavy atom. The number of rotatable bonds is 56. The van der Waals surface area contributed by atoms with Gasteiger partial charge in [-0.2, -0.15) is 0 Å². The summed E-state index contributed by atoms with van der Waals surface area (Å²) in [5.74, 6) is -7.32. The van der Waals surface area contributed by atoms with Crippen molar-refractivity contribution in [3.05, 3.63) is 287 Å². The summed E-state index contributed by atoms with van der Waals surface area (Å²) >= 11 is 0. The van der Waals surface area contributed by atoms with Gasteiger partial charge in [-0.1, -0.05) is 243 Å². The van der Waals surface area contributed by atoms with Crippen LogP contribution in [0, 0.1) is 0 Å². The Morgan fingerprint density at radius 2 is 0.383 bits per heavy atom. The smallest absolute Gasteiger partial charge is 0.243 e. The lowest BCUT2D eigenvalue weighted by atomic mass is 10.0. The number of carbonyl (C=O) groups excluding carboxylic acids is 12. The van der Waals surface area contributed by atoms with Crippen LogP contribution in [0.15, 0.2) is 243 Å². The lowest BCUT2D eigenvalue weighted by Gasteiger charge is -2.38. The van der Waals surface area contributed by atoms with Crippen molar-refractivity contribution < 1.29 is 57.5 Å². The van der Waals surface area contributed by atoms with E-state index in [0.29, 0.717) is 97.8 Å². The number of nitrogens with one attached hydrogen (secondary N) is 1. The number of hydrogen-bond acceptors (Lipinski definition) is 17. The zero-order valence-corrected chi connectivity index (χ0v) is 78.7. The molecule has 11 N–H and O–H groups in total. The van der Waals surface area contributed by atoms with Crippen LogP contribution in [0.2, 0.25) is 0 Å². The molecular weight excluding hydrogens is 1680 g/mol. The maximum atomic E-state index is 16.1. The van der Waals surface area contributed by atoms with Crippen molar-refractivity contribution in [3.63, 3.8) is 0 Å². The highest BCUT2D eigenvalue weighted by Crippen LogP contribution is 2.31. The van der Waals surface area contributed by atoms with Gasteiger partial charge >= 0.3 is 0 Å². The average Bonchev–Trinajstić information content (AvgIpc) is 0.816. The standard InChI is InChI=1S/C104H139N17O12/c1-77(85-41-17-9-18-42-85)110-65-94(123)111(61-37-33-57-105)67-99(128)119(82(6)90-51-27-14-28-52-90)74-102(131)117(80(4)88-47-23-12-24-48-88)72-96(125)113(63-39-35-59-107)69-101(130)121(84(8)92-55-31-16-32-56-92)76-104(133)118(81(5)89-49-25-13-26-50-89)73-97(126)114(64-40-36-60-108)70-100(129)120(83(7)91-53-29-15-30-54-91)75-103(132)116(79(3)87-45-21-11-22-46-87)71-95(124)112(62-38-34-58-106)68-98(127)115(66-93(109)122)78(2)86-43-19-10-20-44-86/h9-32,41-56,77-84,110H,33-40,57-76,105-108H2,1-8H3,(H2,109,122)/t77-,78-,79-,80-,81-,82-,83-,84-/m0/s1. The zero-order chi connectivity index (χ0) is 96.3. The molecule has 8 aromatic carbocycles. The molecule has 0 aliphatic heterocycles. The summed E-state index contributed by atoms with van der Waals surface area (Å²) in [4.78, 5) is 198. The van der Waals surface area contributed by atoms with E-state index in [1.807, 2.05) is 208 Å². The molecule has 8 rings (SSSR count). The van der Waals surface area contributed by atoms with Gasteiger partial charge in [0.25, 0.3) is 0 Å². The molecule has 0 bridgehead atoms. The Morgan fingerprint density at radius 1 is 0.218 bits per heavy atom. The van der Waals surface area contributed by atoms with Crippen molar-refractivity contribution in [1.29, 1.82) is 0 Å². The summed E-state index contributed by atoms with van der Waals surface area (Å²) in [7, 11) is 0. The maximum Gasteiger partial charge on any atom is 0.243 e. The van der Waals surface area contributed by atoms with Crippen LogP contribution in [-0.2, 0) is 57.5 Å². The fraction of sp³-hybridized carbons (Fsp3) is 0.423. The molecule has 712 valence electrons. The number of nitrogens with two attached hydrogens (primary N) is 5. The number of hydrogen-bond donors (Lipinski definition) is 6. The van der Waals surface area contributed by atoms with E-state index in [2.05, 4.69) is 5.32 Å². The van der Waals surface area contributed by atoms with Crippen molar-refractivity contribution in [2.45, 2.75) is 155 Å². The number of unbranched alkanes of at least 4 members (excludes halogenated alkanes) is 4. The number of carbonyl (C=O) groups is 12. The number of primary amides is 1. The van der Waals surface area contributed by atoms with E-state index in [1.165, 1.54) is 53.9 Å². The zero-order valence-electron chi connectivity index (χ0n) is 78.7. The normalized spacial score (nSPS) is 12.9. The van der Waals surface area contributed by atoms with Gasteiger partial charge in [0.1, 0.15) is 39.3 Å². The third kappa shape index (κ3) is 32.6. The summed E-state index contributed by atoms with van der Waals surface area (Å²) < 4.78 is 0. The summed E-state index contributed by atoms with van der Waals surface area (Å²) in [5.41, 5.74) is 35.6. The van der Waals surface area contributed by atoms with Gasteiger partial charge in [-0.15, -0.1) is 0 Å². The highest BCUT2D eigenvalue weighted by atomic mass is 16.2. The Labute approximate surface area is 785 Å². The molecule has 0 radical (unpaired) electrons. The van der Waals surface area contributed by atoms with Gasteiger partial charge in [-0.05, 0) is 177 Å². The van der Waals surface area contributed by atoms with Crippen LogP contribution in [0.1, 0.15) is 200 Å². The molecule has 0 heterocycles. The van der Waals surface area contributed by atoms with Gasteiger partial charge in [0.05, 0.1) is 81.6 Å². The number of benzene rings is 8. The molecule has 12 amide bonds. The molecule has 0 spiro atoms. The summed E-state index contributed by atoms with van der Waals surface area (Å²) in [6.45, 7) is 9.62. The third-order valence-electron chi connectivity index (χ3n) is 24.8. The Bertz CT molecular complexity index is 4900. The minimum atomic E-state index is -0.858. The van der Waals surface area contributed by atoms with Crippen LogP contribution in [0.5, 0.6) is 0 Å². The first-order valence-electron chi connectivity index (χ1n) is 46.5. The Balaban J connectivity index is 1.11. The van der Waals surface area contributed by atoms with Crippen LogP contribution in [0.3, 0.4) is 0 Å². The maximum absolute atomic E-state index is 16.1. The van der Waals surface area contributed by atoms with Crippen LogP contribution in [0.25, 0.3) is 0 Å². The highest BCUT2D eigenvalue weighted by Gasteiger charge is 2.39. The molecule has 0 saturated carbocycles. The molecule has 8 aromatic rings. The molecular formula is C104H139N17O12. The van der Waals surface area contributed by atoms with Crippen LogP contribution < -0.4 is 34.0 Å². The van der Waals surface area contributed by atoms with E-state index in [4.69, 9.17) is 28.7 Å². The first kappa shape index (κ1) is 106. The minimum Gasteiger partial charge on any atom is -0.368 e. The Kier molecular flexibility index (Phi) is 44.1. The van der Waals surface area contributed by atoms with Crippen LogP contribution in [0.4, 0.5) is 0 Å². The quantitative estimate of drug-likeness (QED) is 0.0193. The molecule has 0 aliphatic carbocycles.